The van der Waals surface area contributed by atoms with Gasteiger partial charge in [-0.3, -0.25) is 9.80 Å². The number of carbonyl (C=O) groups is 1. The van der Waals surface area contributed by atoms with E-state index in [1.807, 2.05) is 14.0 Å². The first-order valence-corrected chi connectivity index (χ1v) is 10.8. The molecule has 0 radical (unpaired) electrons. The second-order valence-electron chi connectivity index (χ2n) is 9.72. The van der Waals surface area contributed by atoms with Crippen molar-refractivity contribution in [1.82, 2.24) is 19.4 Å². The second-order valence-corrected chi connectivity index (χ2v) is 9.72. The number of halogens is 2. The number of ether oxygens (including phenoxy) is 1. The summed E-state index contributed by atoms with van der Waals surface area (Å²) in [6.07, 6.45) is -1.57. The summed E-state index contributed by atoms with van der Waals surface area (Å²) >= 11 is 0. The monoisotopic (exact) mass is 448 g/mol. The number of fused-ring (bicyclic) bond motifs is 1. The molecule has 1 aromatic heterocycles. The minimum Gasteiger partial charge on any atom is -0.465 e. The predicted molar refractivity (Wildman–Crippen MR) is 114 cm³/mol. The van der Waals surface area contributed by atoms with Crippen LogP contribution in [0.3, 0.4) is 0 Å². The predicted octanol–water partition coefficient (Wildman–Crippen LogP) is 4.00. The lowest BCUT2D eigenvalue weighted by molar-refractivity contribution is -0.103. The van der Waals surface area contributed by atoms with Crippen LogP contribution in [0.2, 0.25) is 0 Å². The number of imidazole rings is 1. The number of hydrogen-bond acceptors (Lipinski definition) is 4. The third-order valence-electron chi connectivity index (χ3n) is 6.60. The van der Waals surface area contributed by atoms with E-state index in [0.29, 0.717) is 26.1 Å². The van der Waals surface area contributed by atoms with E-state index in [1.54, 1.807) is 20.8 Å². The lowest BCUT2D eigenvalue weighted by atomic mass is 9.88. The van der Waals surface area contributed by atoms with E-state index in [2.05, 4.69) is 14.5 Å². The molecule has 1 aromatic carbocycles. The quantitative estimate of drug-likeness (QED) is 0.769. The Balaban J connectivity index is 1.66. The van der Waals surface area contributed by atoms with Crippen molar-refractivity contribution in [3.05, 3.63) is 52.6 Å². The SMILES string of the molecule is Cc1nc2c(n1C)CN([C@H]1CO[C@H](c3cc(F)ccc3F)[C@@H](N(C(=O)O)C(C)(C)C)C1)C2. The van der Waals surface area contributed by atoms with Crippen LogP contribution in [0.25, 0.3) is 0 Å². The number of nitrogens with zero attached hydrogens (tertiary/aromatic N) is 4. The summed E-state index contributed by atoms with van der Waals surface area (Å²) < 4.78 is 36.8. The summed E-state index contributed by atoms with van der Waals surface area (Å²) in [5.41, 5.74) is 1.45. The highest BCUT2D eigenvalue weighted by atomic mass is 19.1. The molecule has 3 heterocycles. The van der Waals surface area contributed by atoms with Crippen molar-refractivity contribution in [2.24, 2.45) is 7.05 Å². The topological polar surface area (TPSA) is 70.8 Å². The zero-order valence-electron chi connectivity index (χ0n) is 19.1. The number of amides is 1. The van der Waals surface area contributed by atoms with E-state index in [4.69, 9.17) is 4.74 Å². The van der Waals surface area contributed by atoms with Crippen LogP contribution in [-0.4, -0.2) is 54.8 Å². The van der Waals surface area contributed by atoms with Crippen LogP contribution in [0.15, 0.2) is 18.2 Å². The number of benzene rings is 1. The number of rotatable bonds is 3. The minimum atomic E-state index is -1.12. The average molecular weight is 449 g/mol. The molecule has 1 N–H and O–H groups in total. The van der Waals surface area contributed by atoms with Crippen LogP contribution in [-0.2, 0) is 24.9 Å². The van der Waals surface area contributed by atoms with Gasteiger partial charge in [-0.1, -0.05) is 0 Å². The number of hydrogen-bond donors (Lipinski definition) is 1. The van der Waals surface area contributed by atoms with Gasteiger partial charge in [-0.2, -0.15) is 0 Å². The van der Waals surface area contributed by atoms with Gasteiger partial charge in [-0.15, -0.1) is 0 Å². The van der Waals surface area contributed by atoms with E-state index in [-0.39, 0.29) is 11.6 Å². The molecule has 2 aliphatic heterocycles. The van der Waals surface area contributed by atoms with Crippen LogP contribution in [0.5, 0.6) is 0 Å². The van der Waals surface area contributed by atoms with E-state index < -0.39 is 35.4 Å². The van der Waals surface area contributed by atoms with Gasteiger partial charge in [-0.05, 0) is 52.3 Å². The van der Waals surface area contributed by atoms with Crippen LogP contribution in [0.4, 0.5) is 13.6 Å². The fourth-order valence-corrected chi connectivity index (χ4v) is 4.99. The maximum atomic E-state index is 14.7. The molecule has 7 nitrogen and oxygen atoms in total. The van der Waals surface area contributed by atoms with Gasteiger partial charge in [0.1, 0.15) is 23.6 Å². The first-order valence-electron chi connectivity index (χ1n) is 10.8. The van der Waals surface area contributed by atoms with Gasteiger partial charge in [0.25, 0.3) is 0 Å². The lowest BCUT2D eigenvalue weighted by Gasteiger charge is -2.48. The van der Waals surface area contributed by atoms with Crippen molar-refractivity contribution in [3.8, 4) is 0 Å². The van der Waals surface area contributed by atoms with Crippen molar-refractivity contribution >= 4 is 6.09 Å². The summed E-state index contributed by atoms with van der Waals surface area (Å²) in [6.45, 7) is 8.98. The molecule has 1 fully saturated rings. The molecule has 9 heteroatoms. The Bertz CT molecular complexity index is 1030. The third-order valence-corrected chi connectivity index (χ3v) is 6.60. The van der Waals surface area contributed by atoms with Crippen molar-refractivity contribution in [2.45, 2.75) is 70.9 Å². The van der Waals surface area contributed by atoms with Gasteiger partial charge in [0.15, 0.2) is 0 Å². The van der Waals surface area contributed by atoms with Crippen LogP contribution >= 0.6 is 0 Å². The Morgan fingerprint density at radius 3 is 2.62 bits per heavy atom. The molecule has 4 rings (SSSR count). The van der Waals surface area contributed by atoms with Gasteiger partial charge in [-0.25, -0.2) is 18.6 Å². The van der Waals surface area contributed by atoms with E-state index in [0.717, 1.165) is 35.4 Å². The highest BCUT2D eigenvalue weighted by Crippen LogP contribution is 2.39. The summed E-state index contributed by atoms with van der Waals surface area (Å²) in [6, 6.07) is 2.46. The maximum absolute atomic E-state index is 14.7. The van der Waals surface area contributed by atoms with E-state index in [1.165, 1.54) is 4.90 Å². The molecule has 0 bridgehead atoms. The fraction of sp³-hybridized carbons (Fsp3) is 0.565. The van der Waals surface area contributed by atoms with Gasteiger partial charge in [0, 0.05) is 37.3 Å². The standard InChI is InChI=1S/C23H30F2N4O3/c1-13-26-18-10-28(11-20(18)27(13)5)15-9-19(29(22(30)31)23(2,3)4)21(32-12-15)16-8-14(24)6-7-17(16)25/h6-8,15,19,21H,9-12H2,1-5H3,(H,30,31)/t15-,19+,21-/m1/s1. The third kappa shape index (κ3) is 3.99. The van der Waals surface area contributed by atoms with Gasteiger partial charge >= 0.3 is 6.09 Å². The Morgan fingerprint density at radius 2 is 2.00 bits per heavy atom. The highest BCUT2D eigenvalue weighted by molar-refractivity contribution is 5.66. The minimum absolute atomic E-state index is 0.0472. The molecule has 0 unspecified atom stereocenters. The first kappa shape index (κ1) is 22.7. The smallest absolute Gasteiger partial charge is 0.408 e. The van der Waals surface area contributed by atoms with Crippen molar-refractivity contribution in [3.63, 3.8) is 0 Å². The molecule has 2 aromatic rings. The zero-order valence-corrected chi connectivity index (χ0v) is 19.1. The Labute approximate surface area is 186 Å². The summed E-state index contributed by atoms with van der Waals surface area (Å²) in [7, 11) is 1.99. The molecule has 3 atom stereocenters. The fourth-order valence-electron chi connectivity index (χ4n) is 4.99. The largest absolute Gasteiger partial charge is 0.465 e. The normalized spacial score (nSPS) is 23.9. The molecule has 0 saturated carbocycles. The highest BCUT2D eigenvalue weighted by Gasteiger charge is 2.45. The Hall–Kier alpha value is -2.52. The van der Waals surface area contributed by atoms with Gasteiger partial charge in [0.2, 0.25) is 0 Å². The Kier molecular flexibility index (Phi) is 5.75. The molecule has 1 saturated heterocycles. The van der Waals surface area contributed by atoms with Gasteiger partial charge < -0.3 is 14.4 Å². The molecule has 32 heavy (non-hydrogen) atoms. The molecular weight excluding hydrogens is 418 g/mol. The lowest BCUT2D eigenvalue weighted by Crippen LogP contribution is -2.58. The molecule has 2 aliphatic rings. The maximum Gasteiger partial charge on any atom is 0.408 e. The molecular formula is C23H30F2N4O3. The van der Waals surface area contributed by atoms with Crippen LogP contribution < -0.4 is 0 Å². The summed E-state index contributed by atoms with van der Waals surface area (Å²) in [5.74, 6) is -0.230. The van der Waals surface area contributed by atoms with Crippen molar-refractivity contribution < 1.29 is 23.4 Å². The van der Waals surface area contributed by atoms with Crippen LogP contribution in [0, 0.1) is 18.6 Å². The van der Waals surface area contributed by atoms with E-state index in [9.17, 15) is 18.7 Å². The number of aromatic nitrogens is 2. The summed E-state index contributed by atoms with van der Waals surface area (Å²) in [4.78, 5) is 20.5. The number of carboxylic acid groups (broad SMARTS) is 1. The first-order chi connectivity index (χ1) is 15.0. The molecule has 0 aliphatic carbocycles. The average Bonchev–Trinajstić information content (AvgIpc) is 3.22. The molecule has 174 valence electrons. The number of aryl methyl sites for hydroxylation is 1. The van der Waals surface area contributed by atoms with Crippen molar-refractivity contribution in [2.75, 3.05) is 6.61 Å². The summed E-state index contributed by atoms with van der Waals surface area (Å²) in [5, 5.41) is 10.1. The van der Waals surface area contributed by atoms with Crippen molar-refractivity contribution in [1.29, 1.82) is 0 Å². The van der Waals surface area contributed by atoms with Gasteiger partial charge in [0.05, 0.1) is 24.0 Å². The molecule has 0 spiro atoms. The van der Waals surface area contributed by atoms with E-state index >= 15 is 0 Å². The van der Waals surface area contributed by atoms with Crippen LogP contribution in [0.1, 0.15) is 56.1 Å². The second kappa shape index (κ2) is 8.12. The molecule has 1 amide bonds. The zero-order chi connectivity index (χ0) is 23.4. The Morgan fingerprint density at radius 1 is 1.28 bits per heavy atom.